The lowest BCUT2D eigenvalue weighted by Crippen LogP contribution is -2.42. The van der Waals surface area contributed by atoms with Crippen molar-refractivity contribution in [2.75, 3.05) is 7.11 Å². The molecule has 0 saturated carbocycles. The molecule has 0 bridgehead atoms. The van der Waals surface area contributed by atoms with Crippen LogP contribution in [-0.4, -0.2) is 35.8 Å². The number of rotatable bonds is 4. The van der Waals surface area contributed by atoms with Gasteiger partial charge in [-0.2, -0.15) is 5.10 Å². The lowest BCUT2D eigenvalue weighted by Gasteiger charge is -2.17. The van der Waals surface area contributed by atoms with E-state index < -0.39 is 11.6 Å². The number of methoxy groups -OCH3 is 1. The van der Waals surface area contributed by atoms with Gasteiger partial charge in [0.25, 0.3) is 5.91 Å². The minimum absolute atomic E-state index is 0.356. The molecule has 1 fully saturated rings. The SMILES string of the molecule is CC[C@]1(C)NC(=O)N(/N=C\c2c(OC)ccc3ccccc23)C1=O. The second-order valence-corrected chi connectivity index (χ2v) is 5.88. The van der Waals surface area contributed by atoms with Gasteiger partial charge < -0.3 is 10.1 Å². The average molecular weight is 325 g/mol. The fourth-order valence-electron chi connectivity index (χ4n) is 2.72. The minimum atomic E-state index is -0.905. The van der Waals surface area contributed by atoms with E-state index in [1.807, 2.05) is 43.3 Å². The minimum Gasteiger partial charge on any atom is -0.496 e. The van der Waals surface area contributed by atoms with Crippen molar-refractivity contribution in [1.29, 1.82) is 0 Å². The van der Waals surface area contributed by atoms with Gasteiger partial charge in [0.05, 0.1) is 13.3 Å². The fourth-order valence-corrected chi connectivity index (χ4v) is 2.72. The lowest BCUT2D eigenvalue weighted by molar-refractivity contribution is -0.130. The molecular formula is C18H19N3O3. The molecule has 6 heteroatoms. The summed E-state index contributed by atoms with van der Waals surface area (Å²) in [5.41, 5.74) is -0.182. The number of carbonyl (C=O) groups is 2. The second kappa shape index (κ2) is 5.96. The highest BCUT2D eigenvalue weighted by molar-refractivity contribution is 6.08. The van der Waals surface area contributed by atoms with Crippen LogP contribution in [0.15, 0.2) is 41.5 Å². The highest BCUT2D eigenvalue weighted by atomic mass is 16.5. The highest BCUT2D eigenvalue weighted by Gasteiger charge is 2.46. The molecule has 1 aliphatic rings. The number of fused-ring (bicyclic) bond motifs is 1. The molecule has 6 nitrogen and oxygen atoms in total. The van der Waals surface area contributed by atoms with Crippen molar-refractivity contribution >= 4 is 28.9 Å². The first-order chi connectivity index (χ1) is 11.5. The van der Waals surface area contributed by atoms with Crippen molar-refractivity contribution in [2.45, 2.75) is 25.8 Å². The van der Waals surface area contributed by atoms with Crippen LogP contribution in [0.25, 0.3) is 10.8 Å². The number of benzene rings is 2. The molecule has 2 aromatic rings. The van der Waals surface area contributed by atoms with Gasteiger partial charge in [0, 0.05) is 5.56 Å². The van der Waals surface area contributed by atoms with Gasteiger partial charge in [-0.3, -0.25) is 4.79 Å². The van der Waals surface area contributed by atoms with Gasteiger partial charge in [-0.15, -0.1) is 5.01 Å². The summed E-state index contributed by atoms with van der Waals surface area (Å²) >= 11 is 0. The van der Waals surface area contributed by atoms with Crippen LogP contribution in [0.4, 0.5) is 4.79 Å². The Labute approximate surface area is 140 Å². The molecule has 1 saturated heterocycles. The summed E-state index contributed by atoms with van der Waals surface area (Å²) in [5.74, 6) is 0.271. The normalized spacial score (nSPS) is 20.9. The molecule has 0 spiro atoms. The first kappa shape index (κ1) is 16.0. The molecule has 2 aromatic carbocycles. The number of nitrogens with zero attached hydrogens (tertiary/aromatic N) is 2. The Morgan fingerprint density at radius 1 is 1.25 bits per heavy atom. The van der Waals surface area contributed by atoms with Gasteiger partial charge in [-0.1, -0.05) is 37.3 Å². The van der Waals surface area contributed by atoms with E-state index in [1.165, 1.54) is 6.21 Å². The molecular weight excluding hydrogens is 306 g/mol. The zero-order valence-corrected chi connectivity index (χ0v) is 13.9. The van der Waals surface area contributed by atoms with Crippen molar-refractivity contribution in [1.82, 2.24) is 10.3 Å². The number of amides is 3. The average Bonchev–Trinajstić information content (AvgIpc) is 2.82. The Bertz CT molecular complexity index is 847. The van der Waals surface area contributed by atoms with E-state index in [9.17, 15) is 9.59 Å². The monoisotopic (exact) mass is 325 g/mol. The largest absolute Gasteiger partial charge is 0.496 e. The fraction of sp³-hybridized carbons (Fsp3) is 0.278. The van der Waals surface area contributed by atoms with Crippen LogP contribution in [0.1, 0.15) is 25.8 Å². The number of nitrogens with one attached hydrogen (secondary N) is 1. The maximum atomic E-state index is 12.4. The maximum Gasteiger partial charge on any atom is 0.346 e. The summed E-state index contributed by atoms with van der Waals surface area (Å²) in [6.07, 6.45) is 2.00. The summed E-state index contributed by atoms with van der Waals surface area (Å²) < 4.78 is 5.39. The van der Waals surface area contributed by atoms with Gasteiger partial charge in [-0.05, 0) is 30.2 Å². The van der Waals surface area contributed by atoms with E-state index in [0.717, 1.165) is 21.3 Å². The topological polar surface area (TPSA) is 71.0 Å². The van der Waals surface area contributed by atoms with Crippen LogP contribution in [0, 0.1) is 0 Å². The molecule has 1 N–H and O–H groups in total. The van der Waals surface area contributed by atoms with Crippen LogP contribution in [0.2, 0.25) is 0 Å². The van der Waals surface area contributed by atoms with Crippen LogP contribution < -0.4 is 10.1 Å². The van der Waals surface area contributed by atoms with Crippen molar-refractivity contribution < 1.29 is 14.3 Å². The smallest absolute Gasteiger partial charge is 0.346 e. The number of hydrogen-bond donors (Lipinski definition) is 1. The van der Waals surface area contributed by atoms with Crippen LogP contribution >= 0.6 is 0 Å². The Kier molecular flexibility index (Phi) is 3.97. The third kappa shape index (κ3) is 2.50. The summed E-state index contributed by atoms with van der Waals surface area (Å²) in [7, 11) is 1.57. The number of imide groups is 1. The van der Waals surface area contributed by atoms with Crippen molar-refractivity contribution in [3.63, 3.8) is 0 Å². The number of carbonyl (C=O) groups excluding carboxylic acids is 2. The Morgan fingerprint density at radius 3 is 2.67 bits per heavy atom. The first-order valence-electron chi connectivity index (χ1n) is 7.76. The van der Waals surface area contributed by atoms with E-state index in [0.29, 0.717) is 12.2 Å². The van der Waals surface area contributed by atoms with Crippen LogP contribution in [0.5, 0.6) is 5.75 Å². The third-order valence-corrected chi connectivity index (χ3v) is 4.40. The predicted molar refractivity (Wildman–Crippen MR) is 92.2 cm³/mol. The first-order valence-corrected chi connectivity index (χ1v) is 7.76. The van der Waals surface area contributed by atoms with Gasteiger partial charge in [-0.25, -0.2) is 4.79 Å². The van der Waals surface area contributed by atoms with Gasteiger partial charge in [0.1, 0.15) is 11.3 Å². The van der Waals surface area contributed by atoms with E-state index >= 15 is 0 Å². The molecule has 1 heterocycles. The Hall–Kier alpha value is -2.89. The van der Waals surface area contributed by atoms with Crippen molar-refractivity contribution in [2.24, 2.45) is 5.10 Å². The quantitative estimate of drug-likeness (QED) is 0.694. The lowest BCUT2D eigenvalue weighted by atomic mass is 10.00. The van der Waals surface area contributed by atoms with E-state index in [1.54, 1.807) is 14.0 Å². The summed E-state index contributed by atoms with van der Waals surface area (Å²) in [4.78, 5) is 24.5. The molecule has 1 aliphatic heterocycles. The van der Waals surface area contributed by atoms with Gasteiger partial charge >= 0.3 is 6.03 Å². The summed E-state index contributed by atoms with van der Waals surface area (Å²) in [6, 6.07) is 11.1. The van der Waals surface area contributed by atoms with Crippen LogP contribution in [-0.2, 0) is 4.79 Å². The van der Waals surface area contributed by atoms with E-state index in [4.69, 9.17) is 4.74 Å². The molecule has 0 aromatic heterocycles. The standard InChI is InChI=1S/C18H19N3O3/c1-4-18(2)16(22)21(17(23)20-18)19-11-14-13-8-6-5-7-12(13)9-10-15(14)24-3/h5-11H,4H2,1-3H3,(H,20,23)/b19-11-/t18-/m0/s1. The number of hydrogen-bond acceptors (Lipinski definition) is 4. The number of ether oxygens (including phenoxy) is 1. The number of urea groups is 1. The Balaban J connectivity index is 2.02. The number of hydrazone groups is 1. The van der Waals surface area contributed by atoms with Crippen molar-refractivity contribution in [3.8, 4) is 5.75 Å². The molecule has 1 atom stereocenters. The molecule has 124 valence electrons. The third-order valence-electron chi connectivity index (χ3n) is 4.40. The second-order valence-electron chi connectivity index (χ2n) is 5.88. The molecule has 3 rings (SSSR count). The highest BCUT2D eigenvalue weighted by Crippen LogP contribution is 2.27. The van der Waals surface area contributed by atoms with Gasteiger partial charge in [0.2, 0.25) is 0 Å². The molecule has 24 heavy (non-hydrogen) atoms. The van der Waals surface area contributed by atoms with E-state index in [2.05, 4.69) is 10.4 Å². The van der Waals surface area contributed by atoms with E-state index in [-0.39, 0.29) is 5.91 Å². The molecule has 0 radical (unpaired) electrons. The molecule has 0 aliphatic carbocycles. The predicted octanol–water partition coefficient (Wildman–Crippen LogP) is 2.90. The molecule has 0 unspecified atom stereocenters. The Morgan fingerprint density at radius 2 is 2.00 bits per heavy atom. The van der Waals surface area contributed by atoms with Crippen molar-refractivity contribution in [3.05, 3.63) is 42.0 Å². The molecule has 3 amide bonds. The van der Waals surface area contributed by atoms with Gasteiger partial charge in [0.15, 0.2) is 0 Å². The zero-order valence-electron chi connectivity index (χ0n) is 13.9. The summed E-state index contributed by atoms with van der Waals surface area (Å²) in [5, 5.41) is 9.64. The maximum absolute atomic E-state index is 12.4. The summed E-state index contributed by atoms with van der Waals surface area (Å²) in [6.45, 7) is 3.54. The van der Waals surface area contributed by atoms with Crippen LogP contribution in [0.3, 0.4) is 0 Å². The zero-order chi connectivity index (χ0) is 17.3.